The first kappa shape index (κ1) is 17.5. The Morgan fingerprint density at radius 2 is 1.72 bits per heavy atom. The number of anilines is 2. The standard InChI is InChI=1S/C22H16F2N2O3/c23-13-5-7-15(17(24)11-13)21-25-18-4-2-1-3-16(18)22(27)26(21)14-6-8-19-20(12-14)29-10-9-28-19/h1-8,11-12,21,25H,9-10H2/t21-/m1/s1. The summed E-state index contributed by atoms with van der Waals surface area (Å²) in [5.41, 5.74) is 1.71. The molecule has 0 radical (unpaired) electrons. The van der Waals surface area contributed by atoms with Gasteiger partial charge in [-0.05, 0) is 36.4 Å². The largest absolute Gasteiger partial charge is 0.486 e. The molecular formula is C22H16F2N2O3. The first-order valence-electron chi connectivity index (χ1n) is 9.15. The van der Waals surface area contributed by atoms with Crippen molar-refractivity contribution in [2.24, 2.45) is 0 Å². The van der Waals surface area contributed by atoms with Crippen LogP contribution in [0.1, 0.15) is 22.1 Å². The van der Waals surface area contributed by atoms with Gasteiger partial charge in [-0.2, -0.15) is 0 Å². The molecule has 0 saturated heterocycles. The van der Waals surface area contributed by atoms with Crippen molar-refractivity contribution in [2.45, 2.75) is 6.17 Å². The summed E-state index contributed by atoms with van der Waals surface area (Å²) in [5, 5.41) is 3.20. The minimum Gasteiger partial charge on any atom is -0.486 e. The second-order valence-corrected chi connectivity index (χ2v) is 6.76. The molecule has 2 aliphatic heterocycles. The molecule has 0 saturated carbocycles. The van der Waals surface area contributed by atoms with Crippen molar-refractivity contribution in [1.82, 2.24) is 0 Å². The van der Waals surface area contributed by atoms with E-state index in [1.807, 2.05) is 0 Å². The molecule has 146 valence electrons. The molecule has 2 aliphatic rings. The van der Waals surface area contributed by atoms with Crippen molar-refractivity contribution in [3.05, 3.63) is 83.4 Å². The molecule has 0 spiro atoms. The Labute approximate surface area is 165 Å². The number of carbonyl (C=O) groups is 1. The fraction of sp³-hybridized carbons (Fsp3) is 0.136. The van der Waals surface area contributed by atoms with E-state index in [0.29, 0.717) is 41.7 Å². The lowest BCUT2D eigenvalue weighted by Crippen LogP contribution is -2.43. The number of halogens is 2. The monoisotopic (exact) mass is 394 g/mol. The van der Waals surface area contributed by atoms with E-state index in [9.17, 15) is 13.6 Å². The maximum Gasteiger partial charge on any atom is 0.262 e. The van der Waals surface area contributed by atoms with Gasteiger partial charge in [0.25, 0.3) is 5.91 Å². The van der Waals surface area contributed by atoms with Gasteiger partial charge in [0.1, 0.15) is 31.0 Å². The van der Waals surface area contributed by atoms with E-state index < -0.39 is 17.8 Å². The molecule has 29 heavy (non-hydrogen) atoms. The third-order valence-corrected chi connectivity index (χ3v) is 4.99. The second-order valence-electron chi connectivity index (χ2n) is 6.76. The summed E-state index contributed by atoms with van der Waals surface area (Å²) in [6.07, 6.45) is -0.861. The highest BCUT2D eigenvalue weighted by Gasteiger charge is 2.36. The molecule has 5 rings (SSSR count). The number of fused-ring (bicyclic) bond motifs is 2. The van der Waals surface area contributed by atoms with Crippen molar-refractivity contribution in [3.8, 4) is 11.5 Å². The molecule has 3 aromatic rings. The quantitative estimate of drug-likeness (QED) is 0.695. The highest BCUT2D eigenvalue weighted by Crippen LogP contribution is 2.41. The Kier molecular flexibility index (Phi) is 4.08. The Morgan fingerprint density at radius 3 is 2.55 bits per heavy atom. The number of hydrogen-bond acceptors (Lipinski definition) is 4. The van der Waals surface area contributed by atoms with Gasteiger partial charge in [-0.25, -0.2) is 8.78 Å². The summed E-state index contributed by atoms with van der Waals surface area (Å²) >= 11 is 0. The van der Waals surface area contributed by atoms with Gasteiger partial charge in [0, 0.05) is 23.4 Å². The molecule has 5 nitrogen and oxygen atoms in total. The molecule has 1 amide bonds. The van der Waals surface area contributed by atoms with E-state index in [2.05, 4.69) is 5.32 Å². The SMILES string of the molecule is O=C1c2ccccc2N[C@@H](c2ccc(F)cc2F)N1c1ccc2c(c1)OCCO2. The third kappa shape index (κ3) is 2.95. The van der Waals surface area contributed by atoms with Crippen LogP contribution in [0.3, 0.4) is 0 Å². The minimum absolute atomic E-state index is 0.157. The number of rotatable bonds is 2. The molecule has 0 bridgehead atoms. The number of nitrogens with one attached hydrogen (secondary N) is 1. The molecule has 2 heterocycles. The van der Waals surface area contributed by atoms with Crippen LogP contribution < -0.4 is 19.7 Å². The summed E-state index contributed by atoms with van der Waals surface area (Å²) < 4.78 is 39.3. The topological polar surface area (TPSA) is 50.8 Å². The van der Waals surface area contributed by atoms with Gasteiger partial charge < -0.3 is 14.8 Å². The Hall–Kier alpha value is -3.61. The van der Waals surface area contributed by atoms with Gasteiger partial charge in [-0.3, -0.25) is 9.69 Å². The van der Waals surface area contributed by atoms with Crippen LogP contribution in [-0.2, 0) is 0 Å². The number of carbonyl (C=O) groups excluding carboxylic acids is 1. The predicted molar refractivity (Wildman–Crippen MR) is 103 cm³/mol. The van der Waals surface area contributed by atoms with E-state index in [1.165, 1.54) is 17.0 Å². The van der Waals surface area contributed by atoms with Crippen LogP contribution in [0.25, 0.3) is 0 Å². The predicted octanol–water partition coefficient (Wildman–Crippen LogP) is 4.51. The van der Waals surface area contributed by atoms with Crippen LogP contribution in [0.15, 0.2) is 60.7 Å². The van der Waals surface area contributed by atoms with E-state index in [0.717, 1.165) is 6.07 Å². The van der Waals surface area contributed by atoms with Crippen molar-refractivity contribution in [3.63, 3.8) is 0 Å². The molecule has 0 aliphatic carbocycles. The fourth-order valence-electron chi connectivity index (χ4n) is 3.64. The van der Waals surface area contributed by atoms with Crippen molar-refractivity contribution < 1.29 is 23.0 Å². The van der Waals surface area contributed by atoms with Crippen molar-refractivity contribution in [2.75, 3.05) is 23.4 Å². The molecule has 0 unspecified atom stereocenters. The average molecular weight is 394 g/mol. The zero-order valence-electron chi connectivity index (χ0n) is 15.2. The van der Waals surface area contributed by atoms with E-state index in [-0.39, 0.29) is 11.5 Å². The lowest BCUT2D eigenvalue weighted by atomic mass is 10.0. The third-order valence-electron chi connectivity index (χ3n) is 4.99. The number of ether oxygens (including phenoxy) is 2. The molecule has 3 aromatic carbocycles. The summed E-state index contributed by atoms with van der Waals surface area (Å²) in [6, 6.07) is 15.5. The Bertz CT molecular complexity index is 1120. The lowest BCUT2D eigenvalue weighted by Gasteiger charge is -2.38. The number of nitrogens with zero attached hydrogens (tertiary/aromatic N) is 1. The average Bonchev–Trinajstić information content (AvgIpc) is 2.73. The zero-order valence-corrected chi connectivity index (χ0v) is 15.2. The van der Waals surface area contributed by atoms with Crippen molar-refractivity contribution in [1.29, 1.82) is 0 Å². The van der Waals surface area contributed by atoms with Crippen molar-refractivity contribution >= 4 is 17.3 Å². The van der Waals surface area contributed by atoms with E-state index >= 15 is 0 Å². The lowest BCUT2D eigenvalue weighted by molar-refractivity contribution is 0.0974. The normalized spacial score (nSPS) is 17.5. The summed E-state index contributed by atoms with van der Waals surface area (Å²) in [6.45, 7) is 0.856. The molecule has 0 aromatic heterocycles. The van der Waals surface area contributed by atoms with Crippen LogP contribution in [-0.4, -0.2) is 19.1 Å². The molecule has 1 N–H and O–H groups in total. The van der Waals surface area contributed by atoms with Gasteiger partial charge >= 0.3 is 0 Å². The van der Waals surface area contributed by atoms with Gasteiger partial charge in [0.05, 0.1) is 11.3 Å². The molecule has 0 fully saturated rings. The van der Waals surface area contributed by atoms with Crippen LogP contribution in [0.2, 0.25) is 0 Å². The fourth-order valence-corrected chi connectivity index (χ4v) is 3.64. The van der Waals surface area contributed by atoms with Gasteiger partial charge in [0.15, 0.2) is 11.5 Å². The number of amides is 1. The van der Waals surface area contributed by atoms with E-state index in [1.54, 1.807) is 42.5 Å². The summed E-state index contributed by atoms with van der Waals surface area (Å²) in [7, 11) is 0. The molecule has 1 atom stereocenters. The van der Waals surface area contributed by atoms with Crippen LogP contribution in [0.4, 0.5) is 20.2 Å². The highest BCUT2D eigenvalue weighted by molar-refractivity contribution is 6.12. The maximum atomic E-state index is 14.6. The summed E-state index contributed by atoms with van der Waals surface area (Å²) in [4.78, 5) is 14.8. The number of benzene rings is 3. The summed E-state index contributed by atoms with van der Waals surface area (Å²) in [5.74, 6) is -0.622. The van der Waals surface area contributed by atoms with Crippen LogP contribution in [0.5, 0.6) is 11.5 Å². The first-order valence-corrected chi connectivity index (χ1v) is 9.15. The Balaban J connectivity index is 1.66. The van der Waals surface area contributed by atoms with Crippen LogP contribution >= 0.6 is 0 Å². The first-order chi connectivity index (χ1) is 14.1. The highest BCUT2D eigenvalue weighted by atomic mass is 19.1. The minimum atomic E-state index is -0.861. The smallest absolute Gasteiger partial charge is 0.262 e. The Morgan fingerprint density at radius 1 is 0.931 bits per heavy atom. The molecule has 7 heteroatoms. The second kappa shape index (κ2) is 6.77. The van der Waals surface area contributed by atoms with Crippen LogP contribution in [0, 0.1) is 11.6 Å². The van der Waals surface area contributed by atoms with Gasteiger partial charge in [-0.1, -0.05) is 12.1 Å². The maximum absolute atomic E-state index is 14.6. The molecular weight excluding hydrogens is 378 g/mol. The van der Waals surface area contributed by atoms with Gasteiger partial charge in [-0.15, -0.1) is 0 Å². The van der Waals surface area contributed by atoms with E-state index in [4.69, 9.17) is 9.47 Å². The number of para-hydroxylation sites is 1. The van der Waals surface area contributed by atoms with Gasteiger partial charge in [0.2, 0.25) is 0 Å². The number of hydrogen-bond donors (Lipinski definition) is 1. The zero-order chi connectivity index (χ0) is 20.0.